The van der Waals surface area contributed by atoms with E-state index in [1.54, 1.807) is 12.1 Å². The van der Waals surface area contributed by atoms with Gasteiger partial charge in [0.05, 0.1) is 18.7 Å². The molecule has 0 saturated heterocycles. The summed E-state index contributed by atoms with van der Waals surface area (Å²) in [4.78, 5) is 13.8. The molecule has 2 atom stereocenters. The predicted octanol–water partition coefficient (Wildman–Crippen LogP) is 1.33. The van der Waals surface area contributed by atoms with Crippen molar-refractivity contribution in [3.8, 4) is 0 Å². The molecule has 7 nitrogen and oxygen atoms in total. The molecular weight excluding hydrogens is 294 g/mol. The summed E-state index contributed by atoms with van der Waals surface area (Å²) in [5.74, 6) is 0.740. The maximum Gasteiger partial charge on any atom is 0.251 e. The highest BCUT2D eigenvalue weighted by Gasteiger charge is 2.36. The Balaban J connectivity index is 1.71. The molecule has 1 saturated carbocycles. The first-order chi connectivity index (χ1) is 11.2. The van der Waals surface area contributed by atoms with Crippen LogP contribution in [0.15, 0.2) is 30.3 Å². The number of aliphatic hydroxyl groups excluding tert-OH is 1. The van der Waals surface area contributed by atoms with Gasteiger partial charge in [0.15, 0.2) is 5.82 Å². The lowest BCUT2D eigenvalue weighted by Gasteiger charge is -2.14. The van der Waals surface area contributed by atoms with Crippen molar-refractivity contribution < 1.29 is 9.90 Å². The van der Waals surface area contributed by atoms with Crippen molar-refractivity contribution in [2.24, 2.45) is 5.92 Å². The molecule has 0 radical (unpaired) electrons. The van der Waals surface area contributed by atoms with Gasteiger partial charge in [-0.25, -0.2) is 0 Å². The number of aromatic nitrogens is 4. The largest absolute Gasteiger partial charge is 0.391 e. The van der Waals surface area contributed by atoms with Gasteiger partial charge in [0.1, 0.15) is 0 Å². The second-order valence-electron chi connectivity index (χ2n) is 5.92. The number of aliphatic hydroxyl groups is 1. The number of hydrogen-bond acceptors (Lipinski definition) is 5. The van der Waals surface area contributed by atoms with Crippen LogP contribution in [0.25, 0.3) is 0 Å². The second-order valence-corrected chi connectivity index (χ2v) is 5.92. The van der Waals surface area contributed by atoms with E-state index >= 15 is 0 Å². The van der Waals surface area contributed by atoms with Crippen LogP contribution in [-0.4, -0.2) is 37.3 Å². The lowest BCUT2D eigenvalue weighted by atomic mass is 10.1. The van der Waals surface area contributed by atoms with E-state index in [1.165, 1.54) is 4.80 Å². The molecule has 1 aliphatic rings. The van der Waals surface area contributed by atoms with E-state index in [2.05, 4.69) is 20.7 Å². The molecule has 7 heteroatoms. The number of carbonyl (C=O) groups is 1. The third-order valence-corrected chi connectivity index (χ3v) is 4.01. The fraction of sp³-hybridized carbons (Fsp3) is 0.500. The van der Waals surface area contributed by atoms with Gasteiger partial charge in [-0.1, -0.05) is 25.1 Å². The zero-order valence-corrected chi connectivity index (χ0v) is 13.1. The van der Waals surface area contributed by atoms with Crippen LogP contribution in [0.4, 0.5) is 0 Å². The SMILES string of the molecule is CC[C@H](O)Cn1nnc(C(NC(=O)c2ccccc2)C2CC2)n1. The molecule has 0 spiro atoms. The van der Waals surface area contributed by atoms with Crippen molar-refractivity contribution in [2.45, 2.75) is 44.9 Å². The van der Waals surface area contributed by atoms with Gasteiger partial charge in [-0.3, -0.25) is 4.79 Å². The lowest BCUT2D eigenvalue weighted by molar-refractivity contribution is 0.0929. The Morgan fingerprint density at radius 1 is 1.39 bits per heavy atom. The molecule has 1 fully saturated rings. The molecule has 23 heavy (non-hydrogen) atoms. The summed E-state index contributed by atoms with van der Waals surface area (Å²) in [6.45, 7) is 2.21. The summed E-state index contributed by atoms with van der Waals surface area (Å²) in [5.41, 5.74) is 0.618. The zero-order chi connectivity index (χ0) is 16.2. The Morgan fingerprint density at radius 2 is 2.13 bits per heavy atom. The van der Waals surface area contributed by atoms with Crippen molar-refractivity contribution in [2.75, 3.05) is 0 Å². The average molecular weight is 315 g/mol. The van der Waals surface area contributed by atoms with Crippen LogP contribution < -0.4 is 5.32 Å². The van der Waals surface area contributed by atoms with Gasteiger partial charge in [0, 0.05) is 5.56 Å². The first-order valence-electron chi connectivity index (χ1n) is 7.99. The van der Waals surface area contributed by atoms with Crippen LogP contribution in [0.5, 0.6) is 0 Å². The van der Waals surface area contributed by atoms with Crippen molar-refractivity contribution in [3.63, 3.8) is 0 Å². The van der Waals surface area contributed by atoms with E-state index in [0.29, 0.717) is 30.3 Å². The zero-order valence-electron chi connectivity index (χ0n) is 13.1. The van der Waals surface area contributed by atoms with Crippen molar-refractivity contribution >= 4 is 5.91 Å². The molecule has 1 heterocycles. The minimum Gasteiger partial charge on any atom is -0.391 e. The Bertz CT molecular complexity index is 654. The topological polar surface area (TPSA) is 92.9 Å². The Hall–Kier alpha value is -2.28. The van der Waals surface area contributed by atoms with E-state index in [-0.39, 0.29) is 11.9 Å². The number of nitrogens with zero attached hydrogens (tertiary/aromatic N) is 4. The molecule has 0 bridgehead atoms. The molecule has 1 aromatic carbocycles. The maximum atomic E-state index is 12.4. The third-order valence-electron chi connectivity index (χ3n) is 4.01. The molecule has 3 rings (SSSR count). The summed E-state index contributed by atoms with van der Waals surface area (Å²) in [6.07, 6.45) is 2.24. The second kappa shape index (κ2) is 6.87. The normalized spacial score (nSPS) is 16.8. The standard InChI is InChI=1S/C16H21N5O2/c1-2-13(22)10-21-19-15(18-20-21)14(11-8-9-11)17-16(23)12-6-4-3-5-7-12/h3-7,11,13-14,22H,2,8-10H2,1H3,(H,17,23)/t13-,14?/m0/s1. The average Bonchev–Trinajstić information content (AvgIpc) is 3.32. The first-order valence-corrected chi connectivity index (χ1v) is 7.99. The Kier molecular flexibility index (Phi) is 4.66. The molecule has 122 valence electrons. The number of amides is 1. The highest BCUT2D eigenvalue weighted by Crippen LogP contribution is 2.39. The van der Waals surface area contributed by atoms with E-state index in [4.69, 9.17) is 0 Å². The van der Waals surface area contributed by atoms with Crippen LogP contribution in [0.3, 0.4) is 0 Å². The monoisotopic (exact) mass is 315 g/mol. The highest BCUT2D eigenvalue weighted by atomic mass is 16.3. The molecule has 0 aliphatic heterocycles. The number of tetrazole rings is 1. The Labute approximate surface area is 134 Å². The van der Waals surface area contributed by atoms with E-state index < -0.39 is 6.10 Å². The van der Waals surface area contributed by atoms with Crippen molar-refractivity contribution in [1.82, 2.24) is 25.5 Å². The molecular formula is C16H21N5O2. The summed E-state index contributed by atoms with van der Waals surface area (Å²) in [5, 5.41) is 25.1. The van der Waals surface area contributed by atoms with Crippen LogP contribution in [0.2, 0.25) is 0 Å². The minimum absolute atomic E-state index is 0.132. The predicted molar refractivity (Wildman–Crippen MR) is 83.5 cm³/mol. The van der Waals surface area contributed by atoms with Gasteiger partial charge in [-0.2, -0.15) is 4.80 Å². The fourth-order valence-electron chi connectivity index (χ4n) is 2.41. The van der Waals surface area contributed by atoms with Gasteiger partial charge in [-0.15, -0.1) is 10.2 Å². The molecule has 2 aromatic rings. The number of rotatable bonds is 7. The quantitative estimate of drug-likeness (QED) is 0.804. The molecule has 2 N–H and O–H groups in total. The third kappa shape index (κ3) is 3.92. The maximum absolute atomic E-state index is 12.4. The van der Waals surface area contributed by atoms with Crippen molar-refractivity contribution in [1.29, 1.82) is 0 Å². The molecule has 1 unspecified atom stereocenters. The highest BCUT2D eigenvalue weighted by molar-refractivity contribution is 5.94. The summed E-state index contributed by atoms with van der Waals surface area (Å²) in [7, 11) is 0. The van der Waals surface area contributed by atoms with Crippen LogP contribution in [-0.2, 0) is 6.54 Å². The smallest absolute Gasteiger partial charge is 0.251 e. The number of carbonyl (C=O) groups excluding carboxylic acids is 1. The Morgan fingerprint density at radius 3 is 2.78 bits per heavy atom. The van der Waals surface area contributed by atoms with E-state index in [1.807, 2.05) is 25.1 Å². The minimum atomic E-state index is -0.490. The summed E-state index contributed by atoms with van der Waals surface area (Å²) in [6, 6.07) is 8.88. The van der Waals surface area contributed by atoms with Crippen molar-refractivity contribution in [3.05, 3.63) is 41.7 Å². The number of hydrogen-bond donors (Lipinski definition) is 2. The molecule has 1 amide bonds. The number of nitrogens with one attached hydrogen (secondary N) is 1. The van der Waals surface area contributed by atoms with Crippen LogP contribution in [0, 0.1) is 5.92 Å². The lowest BCUT2D eigenvalue weighted by Crippen LogP contribution is -2.30. The molecule has 1 aliphatic carbocycles. The van der Waals surface area contributed by atoms with Gasteiger partial charge in [0.25, 0.3) is 5.91 Å². The summed E-state index contributed by atoms with van der Waals surface area (Å²) >= 11 is 0. The summed E-state index contributed by atoms with van der Waals surface area (Å²) < 4.78 is 0. The van der Waals surface area contributed by atoms with E-state index in [0.717, 1.165) is 12.8 Å². The van der Waals surface area contributed by atoms with Gasteiger partial charge in [0.2, 0.25) is 0 Å². The number of benzene rings is 1. The van der Waals surface area contributed by atoms with Gasteiger partial charge >= 0.3 is 0 Å². The van der Waals surface area contributed by atoms with Crippen LogP contribution >= 0.6 is 0 Å². The first kappa shape index (κ1) is 15.6. The van der Waals surface area contributed by atoms with Gasteiger partial charge < -0.3 is 10.4 Å². The van der Waals surface area contributed by atoms with Crippen LogP contribution in [0.1, 0.15) is 48.4 Å². The molecule has 1 aromatic heterocycles. The van der Waals surface area contributed by atoms with E-state index in [9.17, 15) is 9.90 Å². The van der Waals surface area contributed by atoms with Gasteiger partial charge in [-0.05, 0) is 42.5 Å². The fourth-order valence-corrected chi connectivity index (χ4v) is 2.41.